The maximum atomic E-state index is 7.60. The van der Waals surface area contributed by atoms with Crippen LogP contribution in [0.15, 0.2) is 24.2 Å². The molecule has 0 amide bonds. The van der Waals surface area contributed by atoms with Gasteiger partial charge in [-0.2, -0.15) is 0 Å². The Morgan fingerprint density at radius 3 is 2.75 bits per heavy atom. The molecule has 0 heterocycles. The fourth-order valence-corrected chi connectivity index (χ4v) is 0.915. The van der Waals surface area contributed by atoms with E-state index in [9.17, 15) is 0 Å². The molecule has 0 aliphatic rings. The van der Waals surface area contributed by atoms with Crippen molar-refractivity contribution in [2.24, 2.45) is 5.73 Å². The highest BCUT2D eigenvalue weighted by Gasteiger charge is 1.96. The smallest absolute Gasteiger partial charge is 0.119 e. The van der Waals surface area contributed by atoms with Gasteiger partial charge in [0.05, 0.1) is 7.47 Å². The zero-order valence-corrected chi connectivity index (χ0v) is 7.50. The summed E-state index contributed by atoms with van der Waals surface area (Å²) in [7, 11) is 0. The van der Waals surface area contributed by atoms with Crippen molar-refractivity contribution in [2.75, 3.05) is 0 Å². The molecular weight excluding hydrogens is 150 g/mol. The summed E-state index contributed by atoms with van der Waals surface area (Å²) in [5.41, 5.74) is 6.28. The van der Waals surface area contributed by atoms with Crippen LogP contribution in [0.1, 0.15) is 20.8 Å². The molecule has 12 heavy (non-hydrogen) atoms. The lowest BCUT2D eigenvalue weighted by Gasteiger charge is -2.09. The van der Waals surface area contributed by atoms with E-state index >= 15 is 0 Å². The van der Waals surface area contributed by atoms with Crippen molar-refractivity contribution < 1.29 is 6.11 Å². The maximum Gasteiger partial charge on any atom is 0.119 e. The minimum Gasteiger partial charge on any atom is -0.491 e. The minimum absolute atomic E-state index is 0.142. The van der Waals surface area contributed by atoms with E-state index in [4.69, 9.17) is 11.8 Å². The molecule has 0 atom stereocenters. The molecule has 0 bridgehead atoms. The van der Waals surface area contributed by atoms with Crippen molar-refractivity contribution in [3.8, 4) is 5.75 Å². The van der Waals surface area contributed by atoms with Crippen LogP contribution in [0, 0.1) is 0 Å². The van der Waals surface area contributed by atoms with E-state index in [1.165, 1.54) is 0 Å². The molecule has 2 nitrogen and oxygen atoms in total. The van der Waals surface area contributed by atoms with Gasteiger partial charge in [0.2, 0.25) is 0 Å². The Morgan fingerprint density at radius 2 is 2.25 bits per heavy atom. The summed E-state index contributed by atoms with van der Waals surface area (Å²) in [5.74, 6) is 0.734. The summed E-state index contributed by atoms with van der Waals surface area (Å²) in [4.78, 5) is 0. The van der Waals surface area contributed by atoms with Crippen LogP contribution in [-0.2, 0) is 6.54 Å². The van der Waals surface area contributed by atoms with Crippen molar-refractivity contribution in [2.45, 2.75) is 26.5 Å². The van der Waals surface area contributed by atoms with Crippen LogP contribution in [0.5, 0.6) is 5.75 Å². The largest absolute Gasteiger partial charge is 0.491 e. The average Bonchev–Trinajstić information content (AvgIpc) is 2.03. The van der Waals surface area contributed by atoms with Crippen LogP contribution in [-0.4, -0.2) is 6.10 Å². The van der Waals surface area contributed by atoms with Gasteiger partial charge in [0.25, 0.3) is 0 Å². The summed E-state index contributed by atoms with van der Waals surface area (Å²) in [6.07, 6.45) is 0.142. The van der Waals surface area contributed by atoms with E-state index in [2.05, 4.69) is 0 Å². The topological polar surface area (TPSA) is 35.2 Å². The van der Waals surface area contributed by atoms with E-state index in [1.54, 1.807) is 6.07 Å². The van der Waals surface area contributed by atoms with Crippen molar-refractivity contribution in [3.05, 3.63) is 29.8 Å². The summed E-state index contributed by atoms with van der Waals surface area (Å²) >= 11 is 0. The molecule has 1 aromatic rings. The molecule has 1 rings (SSSR count). The van der Waals surface area contributed by atoms with Crippen molar-refractivity contribution in [3.63, 3.8) is 0 Å². The van der Waals surface area contributed by atoms with Gasteiger partial charge in [0, 0.05) is 6.54 Å². The van der Waals surface area contributed by atoms with E-state index in [-0.39, 0.29) is 6.10 Å². The molecule has 66 valence electrons. The first-order chi connectivity index (χ1) is 6.13. The third kappa shape index (κ3) is 2.55. The van der Waals surface area contributed by atoms with Crippen LogP contribution >= 0.6 is 0 Å². The number of rotatable bonds is 3. The highest BCUT2D eigenvalue weighted by atomic mass is 16.5. The first kappa shape index (κ1) is 7.62. The van der Waals surface area contributed by atoms with Gasteiger partial charge in [0.1, 0.15) is 5.75 Å². The quantitative estimate of drug-likeness (QED) is 0.744. The molecule has 0 spiro atoms. The molecule has 2 heteroatoms. The Kier molecular flexibility index (Phi) is 2.61. The predicted octanol–water partition coefficient (Wildman–Crippen LogP) is 1.93. The molecular formula is C10H15NO. The zero-order chi connectivity index (χ0) is 9.84. The second-order valence-corrected chi connectivity index (χ2v) is 2.92. The number of nitrogens with two attached hydrogens (primary N) is 1. The van der Waals surface area contributed by atoms with Crippen LogP contribution in [0.3, 0.4) is 0 Å². The van der Waals surface area contributed by atoms with Gasteiger partial charge in [-0.1, -0.05) is 12.1 Å². The minimum atomic E-state index is 0.142. The number of benzene rings is 1. The van der Waals surface area contributed by atoms with Crippen molar-refractivity contribution >= 4 is 0 Å². The Morgan fingerprint density at radius 1 is 1.50 bits per heavy atom. The number of ether oxygens (including phenoxy) is 1. The molecule has 0 saturated heterocycles. The molecule has 0 saturated carbocycles. The SMILES string of the molecule is [2H]c1cc(OC(C)C)ccc1CN. The lowest BCUT2D eigenvalue weighted by atomic mass is 10.2. The van der Waals surface area contributed by atoms with Crippen molar-refractivity contribution in [1.29, 1.82) is 0 Å². The van der Waals surface area contributed by atoms with Gasteiger partial charge in [-0.3, -0.25) is 0 Å². The van der Waals surface area contributed by atoms with E-state index in [0.717, 1.165) is 11.3 Å². The van der Waals surface area contributed by atoms with E-state index < -0.39 is 0 Å². The summed E-state index contributed by atoms with van der Waals surface area (Å²) < 4.78 is 13.0. The zero-order valence-electron chi connectivity index (χ0n) is 8.50. The summed E-state index contributed by atoms with van der Waals surface area (Å²) in [5, 5.41) is 0. The molecule has 0 radical (unpaired) electrons. The van der Waals surface area contributed by atoms with Crippen molar-refractivity contribution in [1.82, 2.24) is 0 Å². The first-order valence-corrected chi connectivity index (χ1v) is 4.09. The van der Waals surface area contributed by atoms with Crippen LogP contribution in [0.4, 0.5) is 0 Å². The highest BCUT2D eigenvalue weighted by Crippen LogP contribution is 2.13. The first-order valence-electron chi connectivity index (χ1n) is 4.59. The molecule has 0 aromatic heterocycles. The fraction of sp³-hybridized carbons (Fsp3) is 0.400. The second-order valence-electron chi connectivity index (χ2n) is 2.92. The lowest BCUT2D eigenvalue weighted by Crippen LogP contribution is -2.05. The maximum absolute atomic E-state index is 7.60. The fourth-order valence-electron chi connectivity index (χ4n) is 0.915. The van der Waals surface area contributed by atoms with Gasteiger partial charge in [0.15, 0.2) is 0 Å². The Hall–Kier alpha value is -1.02. The molecule has 0 aliphatic carbocycles. The van der Waals surface area contributed by atoms with Gasteiger partial charge < -0.3 is 10.5 Å². The average molecular weight is 166 g/mol. The van der Waals surface area contributed by atoms with Crippen LogP contribution < -0.4 is 10.5 Å². The molecule has 1 aromatic carbocycles. The van der Waals surface area contributed by atoms with Crippen LogP contribution in [0.2, 0.25) is 0 Å². The van der Waals surface area contributed by atoms with E-state index in [0.29, 0.717) is 12.6 Å². The Labute approximate surface area is 74.7 Å². The van der Waals surface area contributed by atoms with Gasteiger partial charge in [-0.05, 0) is 31.5 Å². The molecule has 0 unspecified atom stereocenters. The third-order valence-corrected chi connectivity index (χ3v) is 1.44. The molecule has 0 aliphatic heterocycles. The Balaban J connectivity index is 2.83. The third-order valence-electron chi connectivity index (χ3n) is 1.44. The summed E-state index contributed by atoms with van der Waals surface area (Å²) in [6, 6.07) is 5.82. The Bertz CT molecular complexity index is 286. The molecule has 2 N–H and O–H groups in total. The second kappa shape index (κ2) is 4.12. The van der Waals surface area contributed by atoms with Gasteiger partial charge in [-0.25, -0.2) is 0 Å². The van der Waals surface area contributed by atoms with Crippen LogP contribution in [0.25, 0.3) is 0 Å². The predicted molar refractivity (Wildman–Crippen MR) is 50.1 cm³/mol. The standard InChI is InChI=1S/C10H15NO/c1-8(2)12-10-5-3-9(7-11)4-6-10/h3-6,8H,7,11H2,1-2H3/i3D. The number of hydrogen-bond donors (Lipinski definition) is 1. The van der Waals surface area contributed by atoms with E-state index in [1.807, 2.05) is 26.0 Å². The summed E-state index contributed by atoms with van der Waals surface area (Å²) in [6.45, 7) is 4.32. The monoisotopic (exact) mass is 166 g/mol. The highest BCUT2D eigenvalue weighted by molar-refractivity contribution is 5.27. The van der Waals surface area contributed by atoms with Gasteiger partial charge in [-0.15, -0.1) is 0 Å². The molecule has 0 fully saturated rings. The number of hydrogen-bond acceptors (Lipinski definition) is 2. The van der Waals surface area contributed by atoms with Gasteiger partial charge >= 0.3 is 0 Å². The normalized spacial score (nSPS) is 11.5. The lowest BCUT2D eigenvalue weighted by molar-refractivity contribution is 0.242.